The monoisotopic (exact) mass is 226 g/mol. The third kappa shape index (κ3) is 2.57. The Hall–Kier alpha value is -1.43. The number of carbonyl (C=O) groups is 1. The van der Waals surface area contributed by atoms with E-state index < -0.39 is 11.4 Å². The normalized spacial score (nSPS) is 14.7. The smallest absolute Gasteiger partial charge is 0.311 e. The Morgan fingerprint density at radius 3 is 2.75 bits per heavy atom. The number of carboxylic acid groups (broad SMARTS) is 1. The molecule has 0 aliphatic carbocycles. The van der Waals surface area contributed by atoms with Crippen molar-refractivity contribution < 1.29 is 9.90 Å². The molecule has 1 heterocycles. The van der Waals surface area contributed by atoms with Gasteiger partial charge in [-0.1, -0.05) is 18.6 Å². The molecule has 90 valence electrons. The zero-order valence-electron chi connectivity index (χ0n) is 9.68. The highest BCUT2D eigenvalue weighted by atomic mass is 16.4. The van der Waals surface area contributed by atoms with Crippen molar-refractivity contribution in [3.8, 4) is 0 Å². The van der Waals surface area contributed by atoms with Crippen LogP contribution in [0.2, 0.25) is 0 Å². The average molecular weight is 226 g/mol. The molecule has 0 radical (unpaired) electrons. The second-order valence-corrected chi connectivity index (χ2v) is 4.10. The number of aliphatic carboxylic acids is 1. The minimum atomic E-state index is -0.912. The summed E-state index contributed by atoms with van der Waals surface area (Å²) >= 11 is 0. The molecule has 16 heavy (non-hydrogen) atoms. The lowest BCUT2D eigenvalue weighted by molar-refractivity contribution is -0.148. The molecular formula is C10H18N4O2. The lowest BCUT2D eigenvalue weighted by Gasteiger charge is -2.26. The average Bonchev–Trinajstić information content (AvgIpc) is 2.63. The van der Waals surface area contributed by atoms with E-state index in [0.717, 1.165) is 6.42 Å². The largest absolute Gasteiger partial charge is 0.481 e. The van der Waals surface area contributed by atoms with E-state index in [2.05, 4.69) is 10.3 Å². The first-order valence-electron chi connectivity index (χ1n) is 5.32. The zero-order valence-corrected chi connectivity index (χ0v) is 9.68. The Balaban J connectivity index is 2.89. The second-order valence-electron chi connectivity index (χ2n) is 4.10. The third-order valence-electron chi connectivity index (χ3n) is 2.74. The van der Waals surface area contributed by atoms with Gasteiger partial charge in [0.2, 0.25) is 0 Å². The number of nitrogens with zero attached hydrogens (tertiary/aromatic N) is 3. The van der Waals surface area contributed by atoms with E-state index in [1.807, 2.05) is 6.92 Å². The van der Waals surface area contributed by atoms with Gasteiger partial charge in [-0.2, -0.15) is 0 Å². The molecular weight excluding hydrogens is 208 g/mol. The Kier molecular flexibility index (Phi) is 4.00. The first-order chi connectivity index (χ1) is 7.54. The van der Waals surface area contributed by atoms with Gasteiger partial charge in [-0.25, -0.2) is 0 Å². The van der Waals surface area contributed by atoms with Crippen LogP contribution in [0.5, 0.6) is 0 Å². The molecule has 0 aromatic carbocycles. The van der Waals surface area contributed by atoms with Crippen LogP contribution in [-0.2, 0) is 18.3 Å². The van der Waals surface area contributed by atoms with Gasteiger partial charge in [0.05, 0.1) is 11.1 Å². The topological polar surface area (TPSA) is 94.0 Å². The molecule has 0 aliphatic rings. The highest BCUT2D eigenvalue weighted by Gasteiger charge is 2.37. The van der Waals surface area contributed by atoms with Gasteiger partial charge in [0, 0.05) is 26.2 Å². The first kappa shape index (κ1) is 12.6. The van der Waals surface area contributed by atoms with Crippen LogP contribution >= 0.6 is 0 Å². The van der Waals surface area contributed by atoms with Crippen LogP contribution in [0.15, 0.2) is 6.20 Å². The summed E-state index contributed by atoms with van der Waals surface area (Å²) in [5.74, 6) is -0.859. The van der Waals surface area contributed by atoms with E-state index in [1.165, 1.54) is 0 Å². The first-order valence-corrected chi connectivity index (χ1v) is 5.32. The van der Waals surface area contributed by atoms with Gasteiger partial charge in [0.1, 0.15) is 0 Å². The molecule has 0 spiro atoms. The van der Waals surface area contributed by atoms with Crippen molar-refractivity contribution in [1.29, 1.82) is 0 Å². The van der Waals surface area contributed by atoms with Crippen LogP contribution in [-0.4, -0.2) is 32.6 Å². The fourth-order valence-corrected chi connectivity index (χ4v) is 1.83. The molecule has 0 bridgehead atoms. The van der Waals surface area contributed by atoms with Gasteiger partial charge in [0.25, 0.3) is 0 Å². The van der Waals surface area contributed by atoms with Gasteiger partial charge in [0.15, 0.2) is 0 Å². The fourth-order valence-electron chi connectivity index (χ4n) is 1.83. The summed E-state index contributed by atoms with van der Waals surface area (Å²) in [6, 6.07) is 0. The highest BCUT2D eigenvalue weighted by molar-refractivity contribution is 5.75. The lowest BCUT2D eigenvalue weighted by atomic mass is 9.79. The summed E-state index contributed by atoms with van der Waals surface area (Å²) in [4.78, 5) is 11.3. The predicted octanol–water partition coefficient (Wildman–Crippen LogP) is 0.187. The maximum atomic E-state index is 11.3. The number of hydrogen-bond acceptors (Lipinski definition) is 4. The van der Waals surface area contributed by atoms with E-state index in [1.54, 1.807) is 17.9 Å². The number of aromatic nitrogens is 3. The maximum Gasteiger partial charge on any atom is 0.311 e. The van der Waals surface area contributed by atoms with E-state index in [4.69, 9.17) is 5.73 Å². The van der Waals surface area contributed by atoms with Crippen molar-refractivity contribution in [3.05, 3.63) is 11.9 Å². The molecule has 0 aliphatic heterocycles. The minimum Gasteiger partial charge on any atom is -0.481 e. The van der Waals surface area contributed by atoms with Crippen molar-refractivity contribution in [3.63, 3.8) is 0 Å². The second kappa shape index (κ2) is 5.07. The van der Waals surface area contributed by atoms with Crippen LogP contribution in [0.4, 0.5) is 0 Å². The van der Waals surface area contributed by atoms with Gasteiger partial charge in [-0.3, -0.25) is 9.48 Å². The lowest BCUT2D eigenvalue weighted by Crippen LogP contribution is -2.40. The zero-order chi connectivity index (χ0) is 12.2. The number of nitrogens with two attached hydrogens (primary N) is 1. The summed E-state index contributed by atoms with van der Waals surface area (Å²) in [5.41, 5.74) is 5.37. The molecule has 1 unspecified atom stereocenters. The quantitative estimate of drug-likeness (QED) is 0.722. The summed E-state index contributed by atoms with van der Waals surface area (Å²) in [7, 11) is 1.75. The Labute approximate surface area is 94.4 Å². The van der Waals surface area contributed by atoms with E-state index in [-0.39, 0.29) is 6.54 Å². The molecule has 0 saturated heterocycles. The summed E-state index contributed by atoms with van der Waals surface area (Å²) in [5, 5.41) is 17.0. The Morgan fingerprint density at radius 1 is 1.69 bits per heavy atom. The summed E-state index contributed by atoms with van der Waals surface area (Å²) in [6.07, 6.45) is 3.39. The van der Waals surface area contributed by atoms with Crippen LogP contribution in [0, 0.1) is 5.41 Å². The van der Waals surface area contributed by atoms with Gasteiger partial charge in [-0.15, -0.1) is 5.10 Å². The van der Waals surface area contributed by atoms with E-state index in [0.29, 0.717) is 18.5 Å². The number of aryl methyl sites for hydroxylation is 1. The van der Waals surface area contributed by atoms with Gasteiger partial charge < -0.3 is 10.8 Å². The third-order valence-corrected chi connectivity index (χ3v) is 2.74. The van der Waals surface area contributed by atoms with Gasteiger partial charge >= 0.3 is 5.97 Å². The molecule has 1 aromatic heterocycles. The van der Waals surface area contributed by atoms with Crippen molar-refractivity contribution in [2.24, 2.45) is 18.2 Å². The van der Waals surface area contributed by atoms with Crippen molar-refractivity contribution >= 4 is 5.97 Å². The number of hydrogen-bond donors (Lipinski definition) is 2. The molecule has 6 nitrogen and oxygen atoms in total. The molecule has 6 heteroatoms. The molecule has 0 saturated carbocycles. The van der Waals surface area contributed by atoms with Crippen LogP contribution in [0.25, 0.3) is 0 Å². The number of carboxylic acids is 1. The number of rotatable bonds is 6. The maximum absolute atomic E-state index is 11.3. The fraction of sp³-hybridized carbons (Fsp3) is 0.700. The van der Waals surface area contributed by atoms with Crippen LogP contribution in [0.3, 0.4) is 0 Å². The molecule has 0 amide bonds. The van der Waals surface area contributed by atoms with E-state index in [9.17, 15) is 9.90 Å². The Bertz CT molecular complexity index is 363. The van der Waals surface area contributed by atoms with E-state index >= 15 is 0 Å². The van der Waals surface area contributed by atoms with Crippen molar-refractivity contribution in [1.82, 2.24) is 15.0 Å². The molecule has 1 atom stereocenters. The Morgan fingerprint density at radius 2 is 2.38 bits per heavy atom. The van der Waals surface area contributed by atoms with Crippen LogP contribution in [0.1, 0.15) is 25.5 Å². The molecule has 0 fully saturated rings. The summed E-state index contributed by atoms with van der Waals surface area (Å²) < 4.78 is 1.56. The van der Waals surface area contributed by atoms with Gasteiger partial charge in [-0.05, 0) is 6.42 Å². The SMILES string of the molecule is CCCC(CN)(Cc1cn(C)nn1)C(=O)O. The van der Waals surface area contributed by atoms with Crippen LogP contribution < -0.4 is 5.73 Å². The highest BCUT2D eigenvalue weighted by Crippen LogP contribution is 2.27. The predicted molar refractivity (Wildman–Crippen MR) is 58.7 cm³/mol. The minimum absolute atomic E-state index is 0.118. The summed E-state index contributed by atoms with van der Waals surface area (Å²) in [6.45, 7) is 2.07. The molecule has 1 aromatic rings. The standard InChI is InChI=1S/C10H18N4O2/c1-3-4-10(7-11,9(15)16)5-8-6-14(2)13-12-8/h6H,3-5,7,11H2,1-2H3,(H,15,16). The molecule has 3 N–H and O–H groups in total. The van der Waals surface area contributed by atoms with Crippen molar-refractivity contribution in [2.75, 3.05) is 6.54 Å². The van der Waals surface area contributed by atoms with Crippen molar-refractivity contribution in [2.45, 2.75) is 26.2 Å². The molecule has 1 rings (SSSR count).